The molecule has 3 rings (SSSR count). The predicted molar refractivity (Wildman–Crippen MR) is 108 cm³/mol. The number of pyridine rings is 1. The number of amides is 2. The van der Waals surface area contributed by atoms with Gasteiger partial charge in [-0.15, -0.1) is 0 Å². The van der Waals surface area contributed by atoms with Crippen molar-refractivity contribution < 1.29 is 19.1 Å². The van der Waals surface area contributed by atoms with Crippen LogP contribution < -0.4 is 10.6 Å². The molecule has 0 saturated heterocycles. The van der Waals surface area contributed by atoms with Crippen LogP contribution in [0.4, 0.5) is 5.69 Å². The smallest absolute Gasteiger partial charge is 0.337 e. The molecular weight excluding hydrogens is 370 g/mol. The number of ether oxygens (including phenoxy) is 1. The lowest BCUT2D eigenvalue weighted by atomic mass is 9.81. The molecule has 7 nitrogen and oxygen atoms in total. The molecule has 1 heterocycles. The predicted octanol–water partition coefficient (Wildman–Crippen LogP) is 2.93. The third-order valence-corrected chi connectivity index (χ3v) is 5.24. The number of carbonyl (C=O) groups excluding carboxylic acids is 3. The van der Waals surface area contributed by atoms with E-state index in [1.807, 2.05) is 12.1 Å². The molecule has 2 aromatic rings. The summed E-state index contributed by atoms with van der Waals surface area (Å²) in [7, 11) is 1.32. The van der Waals surface area contributed by atoms with E-state index in [-0.39, 0.29) is 23.7 Å². The van der Waals surface area contributed by atoms with E-state index in [4.69, 9.17) is 4.74 Å². The number of carbonyl (C=O) groups is 3. The van der Waals surface area contributed by atoms with Crippen LogP contribution in [0.5, 0.6) is 0 Å². The maximum Gasteiger partial charge on any atom is 0.337 e. The molecule has 0 bridgehead atoms. The van der Waals surface area contributed by atoms with Crippen LogP contribution in [0, 0.1) is 11.8 Å². The van der Waals surface area contributed by atoms with Gasteiger partial charge in [-0.2, -0.15) is 0 Å². The Morgan fingerprint density at radius 3 is 2.31 bits per heavy atom. The Labute approximate surface area is 169 Å². The van der Waals surface area contributed by atoms with Gasteiger partial charge in [-0.3, -0.25) is 14.6 Å². The van der Waals surface area contributed by atoms with E-state index in [9.17, 15) is 14.4 Å². The zero-order chi connectivity index (χ0) is 20.6. The normalized spacial score (nSPS) is 18.5. The number of nitrogens with one attached hydrogen (secondary N) is 2. The first-order valence-electron chi connectivity index (χ1n) is 9.72. The third kappa shape index (κ3) is 5.63. The standard InChI is InChI=1S/C22H25N3O4/c1-29-22(28)18-3-2-4-19(13-18)25-21(27)17-7-5-16(6-8-17)20(26)24-14-15-9-11-23-12-10-15/h2-4,9-13,16-17H,5-8,14H2,1H3,(H,24,26)(H,25,27). The number of benzene rings is 1. The molecule has 1 aliphatic rings. The summed E-state index contributed by atoms with van der Waals surface area (Å²) in [4.78, 5) is 40.6. The van der Waals surface area contributed by atoms with Crippen molar-refractivity contribution in [1.82, 2.24) is 10.3 Å². The highest BCUT2D eigenvalue weighted by atomic mass is 16.5. The molecule has 1 saturated carbocycles. The van der Waals surface area contributed by atoms with E-state index in [2.05, 4.69) is 15.6 Å². The molecule has 0 spiro atoms. The molecule has 1 fully saturated rings. The topological polar surface area (TPSA) is 97.4 Å². The molecule has 0 unspecified atom stereocenters. The molecule has 29 heavy (non-hydrogen) atoms. The molecule has 2 N–H and O–H groups in total. The Morgan fingerprint density at radius 2 is 1.66 bits per heavy atom. The van der Waals surface area contributed by atoms with Gasteiger partial charge in [-0.25, -0.2) is 4.79 Å². The van der Waals surface area contributed by atoms with Crippen molar-refractivity contribution in [2.75, 3.05) is 12.4 Å². The second kappa shape index (κ2) is 9.82. The SMILES string of the molecule is COC(=O)c1cccc(NC(=O)C2CCC(C(=O)NCc3ccncc3)CC2)c1. The third-order valence-electron chi connectivity index (χ3n) is 5.24. The van der Waals surface area contributed by atoms with Gasteiger partial charge in [-0.05, 0) is 61.6 Å². The minimum absolute atomic E-state index is 0.0337. The molecule has 1 aromatic heterocycles. The molecule has 0 aliphatic heterocycles. The Kier molecular flexibility index (Phi) is 6.94. The summed E-state index contributed by atoms with van der Waals surface area (Å²) in [5.74, 6) is -0.696. The highest BCUT2D eigenvalue weighted by Gasteiger charge is 2.30. The second-order valence-corrected chi connectivity index (χ2v) is 7.18. The van der Waals surface area contributed by atoms with E-state index in [0.29, 0.717) is 43.5 Å². The monoisotopic (exact) mass is 395 g/mol. The van der Waals surface area contributed by atoms with E-state index < -0.39 is 5.97 Å². The van der Waals surface area contributed by atoms with Crippen LogP contribution in [0.15, 0.2) is 48.8 Å². The van der Waals surface area contributed by atoms with Crippen LogP contribution in [-0.4, -0.2) is 29.9 Å². The molecule has 1 aliphatic carbocycles. The van der Waals surface area contributed by atoms with Gasteiger partial charge in [0.1, 0.15) is 0 Å². The average molecular weight is 395 g/mol. The van der Waals surface area contributed by atoms with Gasteiger partial charge in [0.25, 0.3) is 0 Å². The Bertz CT molecular complexity index is 861. The molecule has 0 radical (unpaired) electrons. The minimum atomic E-state index is -0.445. The summed E-state index contributed by atoms with van der Waals surface area (Å²) < 4.78 is 4.70. The maximum atomic E-state index is 12.6. The van der Waals surface area contributed by atoms with Gasteiger partial charge in [0.2, 0.25) is 11.8 Å². The lowest BCUT2D eigenvalue weighted by Crippen LogP contribution is -2.35. The highest BCUT2D eigenvalue weighted by molar-refractivity contribution is 5.95. The zero-order valence-electron chi connectivity index (χ0n) is 16.4. The van der Waals surface area contributed by atoms with Crippen molar-refractivity contribution in [2.24, 2.45) is 11.8 Å². The number of esters is 1. The van der Waals surface area contributed by atoms with Crippen LogP contribution in [0.2, 0.25) is 0 Å². The quantitative estimate of drug-likeness (QED) is 0.733. The van der Waals surface area contributed by atoms with Crippen molar-refractivity contribution in [3.05, 3.63) is 59.9 Å². The fraction of sp³-hybridized carbons (Fsp3) is 0.364. The van der Waals surface area contributed by atoms with E-state index >= 15 is 0 Å². The van der Waals surface area contributed by atoms with Crippen LogP contribution in [0.1, 0.15) is 41.6 Å². The largest absolute Gasteiger partial charge is 0.465 e. The van der Waals surface area contributed by atoms with Crippen LogP contribution in [-0.2, 0) is 20.9 Å². The highest BCUT2D eigenvalue weighted by Crippen LogP contribution is 2.30. The van der Waals surface area contributed by atoms with Gasteiger partial charge < -0.3 is 15.4 Å². The average Bonchev–Trinajstić information content (AvgIpc) is 2.78. The number of aromatic nitrogens is 1. The van der Waals surface area contributed by atoms with E-state index in [1.165, 1.54) is 7.11 Å². The molecule has 1 aromatic carbocycles. The van der Waals surface area contributed by atoms with Crippen LogP contribution in [0.3, 0.4) is 0 Å². The first-order chi connectivity index (χ1) is 14.1. The molecule has 152 valence electrons. The lowest BCUT2D eigenvalue weighted by Gasteiger charge is -2.27. The van der Waals surface area contributed by atoms with Crippen LogP contribution >= 0.6 is 0 Å². The lowest BCUT2D eigenvalue weighted by molar-refractivity contribution is -0.128. The first kappa shape index (κ1) is 20.5. The van der Waals surface area contributed by atoms with E-state index in [0.717, 1.165) is 5.56 Å². The van der Waals surface area contributed by atoms with Crippen molar-refractivity contribution >= 4 is 23.5 Å². The van der Waals surface area contributed by atoms with Crippen molar-refractivity contribution in [3.8, 4) is 0 Å². The van der Waals surface area contributed by atoms with Gasteiger partial charge in [0.15, 0.2) is 0 Å². The summed E-state index contributed by atoms with van der Waals surface area (Å²) in [6, 6.07) is 10.4. The Balaban J connectivity index is 1.47. The second-order valence-electron chi connectivity index (χ2n) is 7.18. The fourth-order valence-electron chi connectivity index (χ4n) is 3.54. The molecule has 2 amide bonds. The minimum Gasteiger partial charge on any atom is -0.465 e. The summed E-state index contributed by atoms with van der Waals surface area (Å²) in [5, 5.41) is 5.83. The van der Waals surface area contributed by atoms with Gasteiger partial charge in [0, 0.05) is 36.5 Å². The fourth-order valence-corrected chi connectivity index (χ4v) is 3.54. The Hall–Kier alpha value is -3.22. The molecule has 0 atom stereocenters. The summed E-state index contributed by atoms with van der Waals surface area (Å²) in [6.07, 6.45) is 6.09. The van der Waals surface area contributed by atoms with Gasteiger partial charge >= 0.3 is 5.97 Å². The van der Waals surface area contributed by atoms with Crippen molar-refractivity contribution in [1.29, 1.82) is 0 Å². The molecular formula is C22H25N3O4. The summed E-state index contributed by atoms with van der Waals surface area (Å²) in [5.41, 5.74) is 1.96. The van der Waals surface area contributed by atoms with Crippen molar-refractivity contribution in [2.45, 2.75) is 32.2 Å². The van der Waals surface area contributed by atoms with Gasteiger partial charge in [0.05, 0.1) is 12.7 Å². The van der Waals surface area contributed by atoms with Gasteiger partial charge in [-0.1, -0.05) is 6.07 Å². The number of nitrogens with zero attached hydrogens (tertiary/aromatic N) is 1. The summed E-state index contributed by atoms with van der Waals surface area (Å²) >= 11 is 0. The van der Waals surface area contributed by atoms with E-state index in [1.54, 1.807) is 36.7 Å². The molecule has 7 heteroatoms. The zero-order valence-corrected chi connectivity index (χ0v) is 16.4. The number of hydrogen-bond acceptors (Lipinski definition) is 5. The number of rotatable bonds is 6. The number of anilines is 1. The van der Waals surface area contributed by atoms with Crippen LogP contribution in [0.25, 0.3) is 0 Å². The Morgan fingerprint density at radius 1 is 1.00 bits per heavy atom. The summed E-state index contributed by atoms with van der Waals surface area (Å²) in [6.45, 7) is 0.484. The number of methoxy groups -OCH3 is 1. The maximum absolute atomic E-state index is 12.6. The number of hydrogen-bond donors (Lipinski definition) is 2. The van der Waals surface area contributed by atoms with Crippen molar-refractivity contribution in [3.63, 3.8) is 0 Å². The first-order valence-corrected chi connectivity index (χ1v) is 9.72.